The predicted molar refractivity (Wildman–Crippen MR) is 63.3 cm³/mol. The molecule has 0 spiro atoms. The van der Waals surface area contributed by atoms with Crippen LogP contribution < -0.4 is 5.32 Å². The molecular weight excluding hydrogens is 208 g/mol. The minimum atomic E-state index is -0.159. The first kappa shape index (κ1) is 15.3. The summed E-state index contributed by atoms with van der Waals surface area (Å²) in [6.07, 6.45) is 0.698. The van der Waals surface area contributed by atoms with Crippen LogP contribution in [0, 0.1) is 0 Å². The molecule has 1 atom stereocenters. The normalized spacial score (nSPS) is 12.8. The van der Waals surface area contributed by atoms with Gasteiger partial charge in [-0.25, -0.2) is 0 Å². The fourth-order valence-electron chi connectivity index (χ4n) is 1.49. The standard InChI is InChI=1S/C11H24N2O3/c1-4-13(7-5-8-14)10(2)11(15)12-6-9-16-3/h10,14H,4-9H2,1-3H3,(H,12,15). The van der Waals surface area contributed by atoms with E-state index >= 15 is 0 Å². The molecule has 2 N–H and O–H groups in total. The fourth-order valence-corrected chi connectivity index (χ4v) is 1.49. The number of amides is 1. The molecule has 5 nitrogen and oxygen atoms in total. The number of aliphatic hydroxyl groups excluding tert-OH is 1. The summed E-state index contributed by atoms with van der Waals surface area (Å²) in [4.78, 5) is 13.8. The lowest BCUT2D eigenvalue weighted by molar-refractivity contribution is -0.126. The lowest BCUT2D eigenvalue weighted by atomic mass is 10.2. The Hall–Kier alpha value is -0.650. The third-order valence-electron chi connectivity index (χ3n) is 2.54. The molecule has 0 saturated heterocycles. The van der Waals surface area contributed by atoms with E-state index < -0.39 is 0 Å². The number of carbonyl (C=O) groups is 1. The second kappa shape index (κ2) is 9.57. The lowest BCUT2D eigenvalue weighted by Crippen LogP contribution is -2.46. The van der Waals surface area contributed by atoms with Gasteiger partial charge in [-0.3, -0.25) is 9.69 Å². The molecule has 0 aliphatic rings. The van der Waals surface area contributed by atoms with Gasteiger partial charge in [-0.1, -0.05) is 6.92 Å². The Balaban J connectivity index is 3.95. The highest BCUT2D eigenvalue weighted by Gasteiger charge is 2.18. The van der Waals surface area contributed by atoms with Gasteiger partial charge >= 0.3 is 0 Å². The summed E-state index contributed by atoms with van der Waals surface area (Å²) in [5, 5.41) is 11.6. The quantitative estimate of drug-likeness (QED) is 0.542. The number of likely N-dealkylation sites (N-methyl/N-ethyl adjacent to an activating group) is 1. The molecule has 0 aromatic heterocycles. The van der Waals surface area contributed by atoms with Crippen LogP contribution in [0.2, 0.25) is 0 Å². The Kier molecular flexibility index (Phi) is 9.18. The minimum Gasteiger partial charge on any atom is -0.396 e. The highest BCUT2D eigenvalue weighted by Crippen LogP contribution is 2.00. The largest absolute Gasteiger partial charge is 0.396 e. The van der Waals surface area contributed by atoms with Crippen LogP contribution in [0.3, 0.4) is 0 Å². The lowest BCUT2D eigenvalue weighted by Gasteiger charge is -2.26. The van der Waals surface area contributed by atoms with Crippen molar-refractivity contribution in [3.05, 3.63) is 0 Å². The van der Waals surface area contributed by atoms with E-state index in [4.69, 9.17) is 9.84 Å². The van der Waals surface area contributed by atoms with Gasteiger partial charge in [0.05, 0.1) is 12.6 Å². The Morgan fingerprint density at radius 3 is 2.75 bits per heavy atom. The summed E-state index contributed by atoms with van der Waals surface area (Å²) in [6.45, 7) is 6.66. The van der Waals surface area contributed by atoms with Gasteiger partial charge in [-0.2, -0.15) is 0 Å². The van der Waals surface area contributed by atoms with Crippen LogP contribution in [0.1, 0.15) is 20.3 Å². The number of hydrogen-bond acceptors (Lipinski definition) is 4. The molecule has 16 heavy (non-hydrogen) atoms. The average molecular weight is 232 g/mol. The van der Waals surface area contributed by atoms with Crippen molar-refractivity contribution < 1.29 is 14.6 Å². The van der Waals surface area contributed by atoms with Crippen molar-refractivity contribution in [2.75, 3.05) is 40.0 Å². The van der Waals surface area contributed by atoms with Gasteiger partial charge in [0.2, 0.25) is 5.91 Å². The summed E-state index contributed by atoms with van der Waals surface area (Å²) in [7, 11) is 1.61. The van der Waals surface area contributed by atoms with E-state index in [9.17, 15) is 4.79 Å². The maximum Gasteiger partial charge on any atom is 0.237 e. The van der Waals surface area contributed by atoms with Gasteiger partial charge in [0.15, 0.2) is 0 Å². The SMILES string of the molecule is CCN(CCCO)C(C)C(=O)NCCOC. The summed E-state index contributed by atoms with van der Waals surface area (Å²) in [5.41, 5.74) is 0. The van der Waals surface area contributed by atoms with Gasteiger partial charge in [-0.15, -0.1) is 0 Å². The first-order valence-corrected chi connectivity index (χ1v) is 5.78. The molecule has 0 heterocycles. The van der Waals surface area contributed by atoms with Crippen LogP contribution in [-0.4, -0.2) is 61.9 Å². The highest BCUT2D eigenvalue weighted by atomic mass is 16.5. The zero-order valence-electron chi connectivity index (χ0n) is 10.5. The van der Waals surface area contributed by atoms with E-state index in [0.29, 0.717) is 19.6 Å². The molecule has 0 saturated carbocycles. The summed E-state index contributed by atoms with van der Waals surface area (Å²) < 4.78 is 4.86. The van der Waals surface area contributed by atoms with Crippen molar-refractivity contribution in [2.24, 2.45) is 0 Å². The Labute approximate surface area is 97.8 Å². The minimum absolute atomic E-state index is 0.0110. The third-order valence-corrected chi connectivity index (χ3v) is 2.54. The molecule has 0 rings (SSSR count). The Bertz CT molecular complexity index is 188. The van der Waals surface area contributed by atoms with E-state index in [-0.39, 0.29) is 18.6 Å². The summed E-state index contributed by atoms with van der Waals surface area (Å²) in [5.74, 6) is 0.0110. The number of ether oxygens (including phenoxy) is 1. The summed E-state index contributed by atoms with van der Waals surface area (Å²) in [6, 6.07) is -0.159. The topological polar surface area (TPSA) is 61.8 Å². The van der Waals surface area contributed by atoms with E-state index in [0.717, 1.165) is 13.1 Å². The number of methoxy groups -OCH3 is 1. The highest BCUT2D eigenvalue weighted by molar-refractivity contribution is 5.81. The Morgan fingerprint density at radius 2 is 2.25 bits per heavy atom. The molecule has 0 aromatic carbocycles. The van der Waals surface area contributed by atoms with Crippen LogP contribution in [0.25, 0.3) is 0 Å². The van der Waals surface area contributed by atoms with Crippen molar-refractivity contribution in [2.45, 2.75) is 26.3 Å². The number of nitrogens with zero attached hydrogens (tertiary/aromatic N) is 1. The molecule has 0 radical (unpaired) electrons. The molecule has 96 valence electrons. The maximum absolute atomic E-state index is 11.7. The van der Waals surface area contributed by atoms with Crippen LogP contribution in [-0.2, 0) is 9.53 Å². The molecule has 1 amide bonds. The first-order valence-electron chi connectivity index (χ1n) is 5.78. The number of aliphatic hydroxyl groups is 1. The van der Waals surface area contributed by atoms with Crippen molar-refractivity contribution in [1.29, 1.82) is 0 Å². The molecule has 0 aromatic rings. The van der Waals surface area contributed by atoms with Crippen molar-refractivity contribution in [3.8, 4) is 0 Å². The number of rotatable bonds is 9. The molecule has 0 fully saturated rings. The molecule has 0 aliphatic heterocycles. The van der Waals surface area contributed by atoms with E-state index in [1.807, 2.05) is 18.7 Å². The van der Waals surface area contributed by atoms with E-state index in [1.54, 1.807) is 7.11 Å². The third kappa shape index (κ3) is 6.05. The van der Waals surface area contributed by atoms with Crippen molar-refractivity contribution in [3.63, 3.8) is 0 Å². The zero-order chi connectivity index (χ0) is 12.4. The van der Waals surface area contributed by atoms with Crippen molar-refractivity contribution in [1.82, 2.24) is 10.2 Å². The molecule has 1 unspecified atom stereocenters. The van der Waals surface area contributed by atoms with Crippen LogP contribution >= 0.6 is 0 Å². The smallest absolute Gasteiger partial charge is 0.237 e. The van der Waals surface area contributed by atoms with Crippen LogP contribution in [0.15, 0.2) is 0 Å². The van der Waals surface area contributed by atoms with E-state index in [2.05, 4.69) is 5.32 Å². The first-order chi connectivity index (χ1) is 7.67. The molecule has 0 aliphatic carbocycles. The molecular formula is C11H24N2O3. The second-order valence-corrected chi connectivity index (χ2v) is 3.67. The predicted octanol–water partition coefficient (Wildman–Crippen LogP) is -0.158. The van der Waals surface area contributed by atoms with Gasteiger partial charge in [0.25, 0.3) is 0 Å². The van der Waals surface area contributed by atoms with Gasteiger partial charge < -0.3 is 15.2 Å². The van der Waals surface area contributed by atoms with Gasteiger partial charge in [0, 0.05) is 26.8 Å². The van der Waals surface area contributed by atoms with Crippen LogP contribution in [0.4, 0.5) is 0 Å². The van der Waals surface area contributed by atoms with Gasteiger partial charge in [0.1, 0.15) is 0 Å². The second-order valence-electron chi connectivity index (χ2n) is 3.67. The molecule has 5 heteroatoms. The number of carbonyl (C=O) groups excluding carboxylic acids is 1. The number of hydrogen-bond donors (Lipinski definition) is 2. The van der Waals surface area contributed by atoms with Gasteiger partial charge in [-0.05, 0) is 19.9 Å². The van der Waals surface area contributed by atoms with Crippen LogP contribution in [0.5, 0.6) is 0 Å². The Morgan fingerprint density at radius 1 is 1.56 bits per heavy atom. The molecule has 0 bridgehead atoms. The number of nitrogens with one attached hydrogen (secondary N) is 1. The average Bonchev–Trinajstić information content (AvgIpc) is 2.30. The fraction of sp³-hybridized carbons (Fsp3) is 0.909. The van der Waals surface area contributed by atoms with Crippen molar-refractivity contribution >= 4 is 5.91 Å². The monoisotopic (exact) mass is 232 g/mol. The maximum atomic E-state index is 11.7. The van der Waals surface area contributed by atoms with E-state index in [1.165, 1.54) is 0 Å². The zero-order valence-corrected chi connectivity index (χ0v) is 10.5. The summed E-state index contributed by atoms with van der Waals surface area (Å²) >= 11 is 0.